The fourth-order valence-electron chi connectivity index (χ4n) is 2.52. The Morgan fingerprint density at radius 1 is 1.37 bits per heavy atom. The molecule has 3 rings (SSSR count). The molecule has 0 spiro atoms. The van der Waals surface area contributed by atoms with Crippen LogP contribution in [0.15, 0.2) is 24.7 Å². The van der Waals surface area contributed by atoms with Gasteiger partial charge in [0.2, 0.25) is 0 Å². The first-order chi connectivity index (χ1) is 9.28. The maximum absolute atomic E-state index is 5.96. The van der Waals surface area contributed by atoms with E-state index >= 15 is 0 Å². The molecule has 1 unspecified atom stereocenters. The van der Waals surface area contributed by atoms with Gasteiger partial charge >= 0.3 is 0 Å². The molecule has 6 heteroatoms. The molecule has 6 nitrogen and oxygen atoms in total. The molecule has 3 heterocycles. The van der Waals surface area contributed by atoms with Crippen molar-refractivity contribution in [1.29, 1.82) is 0 Å². The van der Waals surface area contributed by atoms with Gasteiger partial charge in [0.1, 0.15) is 12.2 Å². The van der Waals surface area contributed by atoms with E-state index in [1.165, 1.54) is 5.56 Å². The lowest BCUT2D eigenvalue weighted by Gasteiger charge is -2.33. The zero-order valence-corrected chi connectivity index (χ0v) is 11.0. The number of rotatable bonds is 3. The van der Waals surface area contributed by atoms with Crippen LogP contribution < -0.4 is 5.73 Å². The van der Waals surface area contributed by atoms with Gasteiger partial charge in [-0.2, -0.15) is 0 Å². The second-order valence-corrected chi connectivity index (χ2v) is 4.90. The van der Waals surface area contributed by atoms with Gasteiger partial charge in [-0.25, -0.2) is 0 Å². The molecule has 100 valence electrons. The summed E-state index contributed by atoms with van der Waals surface area (Å²) in [6, 6.07) is 4.34. The van der Waals surface area contributed by atoms with Crippen molar-refractivity contribution in [3.8, 4) is 0 Å². The van der Waals surface area contributed by atoms with Crippen molar-refractivity contribution < 1.29 is 0 Å². The van der Waals surface area contributed by atoms with Crippen molar-refractivity contribution in [2.45, 2.75) is 26.1 Å². The predicted molar refractivity (Wildman–Crippen MR) is 71.2 cm³/mol. The molecule has 0 aliphatic carbocycles. The van der Waals surface area contributed by atoms with Gasteiger partial charge in [-0.1, -0.05) is 6.07 Å². The van der Waals surface area contributed by atoms with E-state index in [9.17, 15) is 0 Å². The highest BCUT2D eigenvalue weighted by Crippen LogP contribution is 2.23. The van der Waals surface area contributed by atoms with Gasteiger partial charge in [0.05, 0.1) is 6.54 Å². The number of hydrogen-bond acceptors (Lipinski definition) is 5. The first-order valence-corrected chi connectivity index (χ1v) is 6.51. The summed E-state index contributed by atoms with van der Waals surface area (Å²) in [6.07, 6.45) is 3.71. The van der Waals surface area contributed by atoms with E-state index in [1.807, 2.05) is 19.2 Å². The van der Waals surface area contributed by atoms with Crippen molar-refractivity contribution in [3.05, 3.63) is 41.7 Å². The molecule has 0 bridgehead atoms. The smallest absolute Gasteiger partial charge is 0.147 e. The fraction of sp³-hybridized carbons (Fsp3) is 0.462. The van der Waals surface area contributed by atoms with Crippen LogP contribution in [0.5, 0.6) is 0 Å². The van der Waals surface area contributed by atoms with E-state index in [0.29, 0.717) is 6.54 Å². The standard InChI is InChI=1S/C13H18N6/c1-10-2-3-11(7-15-10)12(6-14)18-4-5-19-9-16-17-13(19)8-18/h2-3,7,9,12H,4-6,8,14H2,1H3. The predicted octanol–water partition coefficient (Wildman–Crippen LogP) is 0.497. The second-order valence-electron chi connectivity index (χ2n) is 4.90. The average molecular weight is 258 g/mol. The van der Waals surface area contributed by atoms with Gasteiger partial charge in [-0.15, -0.1) is 10.2 Å². The van der Waals surface area contributed by atoms with Crippen molar-refractivity contribution in [2.75, 3.05) is 13.1 Å². The molecule has 0 saturated carbocycles. The number of fused-ring (bicyclic) bond motifs is 1. The molecule has 2 N–H and O–H groups in total. The van der Waals surface area contributed by atoms with Crippen LogP contribution in [0.3, 0.4) is 0 Å². The SMILES string of the molecule is Cc1ccc(C(CN)N2CCn3cnnc3C2)cn1. The summed E-state index contributed by atoms with van der Waals surface area (Å²) < 4.78 is 2.09. The number of hydrogen-bond donors (Lipinski definition) is 1. The number of aromatic nitrogens is 4. The quantitative estimate of drug-likeness (QED) is 0.867. The van der Waals surface area contributed by atoms with Crippen LogP contribution in [-0.4, -0.2) is 37.7 Å². The summed E-state index contributed by atoms with van der Waals surface area (Å²) >= 11 is 0. The molecule has 0 amide bonds. The zero-order chi connectivity index (χ0) is 13.2. The molecule has 0 radical (unpaired) electrons. The normalized spacial score (nSPS) is 17.2. The highest BCUT2D eigenvalue weighted by atomic mass is 15.3. The largest absolute Gasteiger partial charge is 0.329 e. The molecule has 0 saturated heterocycles. The number of pyridine rings is 1. The van der Waals surface area contributed by atoms with Crippen LogP contribution >= 0.6 is 0 Å². The first kappa shape index (κ1) is 12.3. The van der Waals surface area contributed by atoms with Gasteiger partial charge < -0.3 is 10.3 Å². The first-order valence-electron chi connectivity index (χ1n) is 6.51. The van der Waals surface area contributed by atoms with Crippen LogP contribution in [0.25, 0.3) is 0 Å². The molecular weight excluding hydrogens is 240 g/mol. The van der Waals surface area contributed by atoms with Crippen LogP contribution in [0.4, 0.5) is 0 Å². The molecule has 1 aliphatic rings. The van der Waals surface area contributed by atoms with Crippen molar-refractivity contribution in [2.24, 2.45) is 5.73 Å². The molecule has 0 fully saturated rings. The zero-order valence-electron chi connectivity index (χ0n) is 11.0. The summed E-state index contributed by atoms with van der Waals surface area (Å²) in [5.41, 5.74) is 8.15. The lowest BCUT2D eigenvalue weighted by Crippen LogP contribution is -2.39. The third-order valence-electron chi connectivity index (χ3n) is 3.65. The van der Waals surface area contributed by atoms with Crippen LogP contribution in [0.1, 0.15) is 23.1 Å². The van der Waals surface area contributed by atoms with Crippen molar-refractivity contribution in [1.82, 2.24) is 24.6 Å². The van der Waals surface area contributed by atoms with Crippen LogP contribution in [0.2, 0.25) is 0 Å². The van der Waals surface area contributed by atoms with Gasteiger partial charge in [0, 0.05) is 37.6 Å². The summed E-state index contributed by atoms with van der Waals surface area (Å²) in [5, 5.41) is 8.10. The summed E-state index contributed by atoms with van der Waals surface area (Å²) in [5.74, 6) is 1.00. The van der Waals surface area contributed by atoms with E-state index < -0.39 is 0 Å². The van der Waals surface area contributed by atoms with Crippen molar-refractivity contribution in [3.63, 3.8) is 0 Å². The minimum Gasteiger partial charge on any atom is -0.329 e. The highest BCUT2D eigenvalue weighted by Gasteiger charge is 2.24. The Labute approximate surface area is 112 Å². The molecule has 2 aromatic rings. The van der Waals surface area contributed by atoms with Gasteiger partial charge in [-0.3, -0.25) is 9.88 Å². The van der Waals surface area contributed by atoms with Crippen LogP contribution in [-0.2, 0) is 13.1 Å². The Hall–Kier alpha value is -1.79. The maximum atomic E-state index is 5.96. The third kappa shape index (κ3) is 2.36. The lowest BCUT2D eigenvalue weighted by molar-refractivity contribution is 0.156. The molecule has 19 heavy (non-hydrogen) atoms. The van der Waals surface area contributed by atoms with Gasteiger partial charge in [0.15, 0.2) is 0 Å². The third-order valence-corrected chi connectivity index (χ3v) is 3.65. The minimum atomic E-state index is 0.193. The fourth-order valence-corrected chi connectivity index (χ4v) is 2.52. The highest BCUT2D eigenvalue weighted by molar-refractivity contribution is 5.18. The number of nitrogens with two attached hydrogens (primary N) is 1. The molecule has 2 aromatic heterocycles. The van der Waals surface area contributed by atoms with Crippen molar-refractivity contribution >= 4 is 0 Å². The minimum absolute atomic E-state index is 0.193. The summed E-state index contributed by atoms with van der Waals surface area (Å²) in [6.45, 7) is 5.23. The van der Waals surface area contributed by atoms with Gasteiger partial charge in [-0.05, 0) is 18.6 Å². The Morgan fingerprint density at radius 3 is 3.00 bits per heavy atom. The van der Waals surface area contributed by atoms with E-state index in [1.54, 1.807) is 6.33 Å². The number of nitrogens with zero attached hydrogens (tertiary/aromatic N) is 5. The Kier molecular flexibility index (Phi) is 3.27. The van der Waals surface area contributed by atoms with E-state index in [0.717, 1.165) is 31.2 Å². The van der Waals surface area contributed by atoms with Crippen LogP contribution in [0, 0.1) is 6.92 Å². The Morgan fingerprint density at radius 2 is 2.26 bits per heavy atom. The summed E-state index contributed by atoms with van der Waals surface area (Å²) in [4.78, 5) is 6.71. The van der Waals surface area contributed by atoms with Gasteiger partial charge in [0.25, 0.3) is 0 Å². The van der Waals surface area contributed by atoms with E-state index in [-0.39, 0.29) is 6.04 Å². The molecule has 0 aromatic carbocycles. The average Bonchev–Trinajstić information content (AvgIpc) is 2.89. The molecular formula is C13H18N6. The maximum Gasteiger partial charge on any atom is 0.147 e. The Bertz CT molecular complexity index is 547. The monoisotopic (exact) mass is 258 g/mol. The molecule has 1 atom stereocenters. The van der Waals surface area contributed by atoms with E-state index in [2.05, 4.69) is 30.7 Å². The molecule has 1 aliphatic heterocycles. The topological polar surface area (TPSA) is 72.9 Å². The van der Waals surface area contributed by atoms with E-state index in [4.69, 9.17) is 5.73 Å². The second kappa shape index (κ2) is 5.07. The lowest BCUT2D eigenvalue weighted by atomic mass is 10.1. The Balaban J connectivity index is 1.82. The summed E-state index contributed by atoms with van der Waals surface area (Å²) in [7, 11) is 0. The number of aryl methyl sites for hydroxylation is 1.